The van der Waals surface area contributed by atoms with Gasteiger partial charge in [0.1, 0.15) is 11.6 Å². The van der Waals surface area contributed by atoms with Crippen LogP contribution in [0.1, 0.15) is 20.7 Å². The molecular formula is C15H10F2N2O8. The molecule has 0 radical (unpaired) electrons. The van der Waals surface area contributed by atoms with E-state index >= 15 is 0 Å². The molecule has 0 heterocycles. The number of nitrogens with zero attached hydrogens (tertiary/aromatic N) is 2. The fourth-order valence-electron chi connectivity index (χ4n) is 1.85. The van der Waals surface area contributed by atoms with E-state index < -0.39 is 55.9 Å². The van der Waals surface area contributed by atoms with Crippen molar-refractivity contribution in [2.45, 2.75) is 0 Å². The maximum Gasteiger partial charge on any atom is 0.347 e. The van der Waals surface area contributed by atoms with Crippen LogP contribution in [0.4, 0.5) is 20.2 Å². The van der Waals surface area contributed by atoms with Crippen LogP contribution in [-0.4, -0.2) is 34.0 Å². The number of halogens is 2. The number of benzene rings is 2. The zero-order valence-electron chi connectivity index (χ0n) is 13.4. The van der Waals surface area contributed by atoms with Gasteiger partial charge in [-0.05, 0) is 12.1 Å². The van der Waals surface area contributed by atoms with E-state index in [-0.39, 0.29) is 0 Å². The standard InChI is InChI=1S/C8H6FNO4.C7H4FNO4/c1-14-8(11)7-5(9)3-2-4-6(7)10(12)13;8-4-2-1-3-5(9(12)13)6(4)7(10)11/h2-4H,1H3;1-3H,(H,10,11). The molecule has 0 spiro atoms. The summed E-state index contributed by atoms with van der Waals surface area (Å²) in [5.74, 6) is -4.78. The van der Waals surface area contributed by atoms with Gasteiger partial charge in [-0.15, -0.1) is 0 Å². The average molecular weight is 384 g/mol. The van der Waals surface area contributed by atoms with Gasteiger partial charge in [0, 0.05) is 12.1 Å². The Kier molecular flexibility index (Phi) is 6.98. The number of carboxylic acids is 1. The molecule has 10 nitrogen and oxygen atoms in total. The van der Waals surface area contributed by atoms with Crippen LogP contribution in [-0.2, 0) is 4.74 Å². The first-order chi connectivity index (χ1) is 12.6. The molecule has 2 aromatic rings. The van der Waals surface area contributed by atoms with Crippen LogP contribution in [0, 0.1) is 31.9 Å². The van der Waals surface area contributed by atoms with Crippen molar-refractivity contribution >= 4 is 23.3 Å². The van der Waals surface area contributed by atoms with E-state index in [1.807, 2.05) is 0 Å². The van der Waals surface area contributed by atoms with Gasteiger partial charge in [-0.3, -0.25) is 20.2 Å². The molecule has 0 unspecified atom stereocenters. The molecule has 0 bridgehead atoms. The number of ether oxygens (including phenoxy) is 1. The van der Waals surface area contributed by atoms with Crippen LogP contribution in [0.5, 0.6) is 0 Å². The van der Waals surface area contributed by atoms with Gasteiger partial charge in [0.25, 0.3) is 11.4 Å². The number of rotatable bonds is 4. The van der Waals surface area contributed by atoms with Gasteiger partial charge in [-0.1, -0.05) is 12.1 Å². The van der Waals surface area contributed by atoms with Gasteiger partial charge in [-0.25, -0.2) is 18.4 Å². The minimum absolute atomic E-state index is 0.600. The molecule has 1 N–H and O–H groups in total. The molecule has 12 heteroatoms. The van der Waals surface area contributed by atoms with E-state index in [0.717, 1.165) is 43.5 Å². The summed E-state index contributed by atoms with van der Waals surface area (Å²) < 4.78 is 30.0. The van der Waals surface area contributed by atoms with Crippen LogP contribution in [0.15, 0.2) is 36.4 Å². The summed E-state index contributed by atoms with van der Waals surface area (Å²) in [4.78, 5) is 40.3. The lowest BCUT2D eigenvalue weighted by Crippen LogP contribution is -2.08. The summed E-state index contributed by atoms with van der Waals surface area (Å²) in [6.45, 7) is 0. The lowest BCUT2D eigenvalue weighted by molar-refractivity contribution is -0.385. The molecule has 0 aliphatic rings. The van der Waals surface area contributed by atoms with Crippen molar-refractivity contribution in [1.29, 1.82) is 0 Å². The van der Waals surface area contributed by atoms with Gasteiger partial charge in [0.15, 0.2) is 11.1 Å². The van der Waals surface area contributed by atoms with Crippen molar-refractivity contribution in [2.75, 3.05) is 7.11 Å². The molecule has 2 aromatic carbocycles. The van der Waals surface area contributed by atoms with Crippen LogP contribution in [0.2, 0.25) is 0 Å². The third kappa shape index (κ3) is 5.01. The zero-order valence-corrected chi connectivity index (χ0v) is 13.4. The fourth-order valence-corrected chi connectivity index (χ4v) is 1.85. The summed E-state index contributed by atoms with van der Waals surface area (Å²) in [6, 6.07) is 6.03. The Morgan fingerprint density at radius 3 is 1.67 bits per heavy atom. The number of carboxylic acid groups (broad SMARTS) is 1. The molecule has 0 amide bonds. The number of carbonyl (C=O) groups is 2. The molecule has 142 valence electrons. The number of carbonyl (C=O) groups excluding carboxylic acids is 1. The molecule has 0 saturated carbocycles. The molecule has 0 fully saturated rings. The van der Waals surface area contributed by atoms with Crippen LogP contribution in [0.25, 0.3) is 0 Å². The molecule has 0 aliphatic carbocycles. The number of hydrogen-bond acceptors (Lipinski definition) is 7. The quantitative estimate of drug-likeness (QED) is 0.480. The van der Waals surface area contributed by atoms with Crippen LogP contribution in [0.3, 0.4) is 0 Å². The number of nitro groups is 2. The number of aromatic carboxylic acids is 1. The van der Waals surface area contributed by atoms with E-state index in [0.29, 0.717) is 0 Å². The number of nitro benzene ring substituents is 2. The third-order valence-electron chi connectivity index (χ3n) is 2.98. The lowest BCUT2D eigenvalue weighted by atomic mass is 10.1. The molecule has 2 rings (SSSR count). The van der Waals surface area contributed by atoms with E-state index in [4.69, 9.17) is 5.11 Å². The highest BCUT2D eigenvalue weighted by molar-refractivity contribution is 5.94. The monoisotopic (exact) mass is 384 g/mol. The predicted molar refractivity (Wildman–Crippen MR) is 84.4 cm³/mol. The van der Waals surface area contributed by atoms with Crippen LogP contribution >= 0.6 is 0 Å². The van der Waals surface area contributed by atoms with Gasteiger partial charge in [-0.2, -0.15) is 0 Å². The molecule has 0 aliphatic heterocycles. The summed E-state index contributed by atoms with van der Waals surface area (Å²) in [6.07, 6.45) is 0. The topological polar surface area (TPSA) is 150 Å². The average Bonchev–Trinajstić information content (AvgIpc) is 2.60. The second kappa shape index (κ2) is 8.94. The summed E-state index contributed by atoms with van der Waals surface area (Å²) in [5, 5.41) is 29.1. The molecular weight excluding hydrogens is 374 g/mol. The van der Waals surface area contributed by atoms with Gasteiger partial charge >= 0.3 is 11.9 Å². The minimum Gasteiger partial charge on any atom is -0.477 e. The van der Waals surface area contributed by atoms with E-state index in [1.54, 1.807) is 0 Å². The second-order valence-corrected chi connectivity index (χ2v) is 4.58. The summed E-state index contributed by atoms with van der Waals surface area (Å²) in [7, 11) is 1.03. The minimum atomic E-state index is -1.65. The highest BCUT2D eigenvalue weighted by Gasteiger charge is 2.25. The fraction of sp³-hybridized carbons (Fsp3) is 0.0667. The Hall–Kier alpha value is -3.96. The normalized spacial score (nSPS) is 9.59. The maximum atomic E-state index is 13.0. The molecule has 0 aromatic heterocycles. The second-order valence-electron chi connectivity index (χ2n) is 4.58. The van der Waals surface area contributed by atoms with Gasteiger partial charge < -0.3 is 9.84 Å². The predicted octanol–water partition coefficient (Wildman–Crippen LogP) is 2.95. The Morgan fingerprint density at radius 2 is 1.33 bits per heavy atom. The summed E-state index contributed by atoms with van der Waals surface area (Å²) in [5.41, 5.74) is -2.91. The van der Waals surface area contributed by atoms with Crippen molar-refractivity contribution in [2.24, 2.45) is 0 Å². The van der Waals surface area contributed by atoms with Gasteiger partial charge in [0.05, 0.1) is 17.0 Å². The highest BCUT2D eigenvalue weighted by atomic mass is 19.1. The van der Waals surface area contributed by atoms with E-state index in [9.17, 15) is 38.6 Å². The lowest BCUT2D eigenvalue weighted by Gasteiger charge is -2.01. The van der Waals surface area contributed by atoms with Crippen molar-refractivity contribution in [3.05, 3.63) is 79.4 Å². The number of esters is 1. The largest absolute Gasteiger partial charge is 0.477 e. The number of hydrogen-bond donors (Lipinski definition) is 1. The highest BCUT2D eigenvalue weighted by Crippen LogP contribution is 2.22. The Bertz CT molecular complexity index is 917. The Morgan fingerprint density at radius 1 is 0.926 bits per heavy atom. The van der Waals surface area contributed by atoms with E-state index in [2.05, 4.69) is 4.74 Å². The first kappa shape index (κ1) is 21.1. The van der Waals surface area contributed by atoms with Crippen molar-refractivity contribution in [1.82, 2.24) is 0 Å². The Balaban J connectivity index is 0.000000271. The maximum absolute atomic E-state index is 13.0. The molecule has 27 heavy (non-hydrogen) atoms. The smallest absolute Gasteiger partial charge is 0.347 e. The third-order valence-corrected chi connectivity index (χ3v) is 2.98. The summed E-state index contributed by atoms with van der Waals surface area (Å²) >= 11 is 0. The molecule has 0 atom stereocenters. The van der Waals surface area contributed by atoms with E-state index in [1.165, 1.54) is 0 Å². The Labute approximate surface area is 148 Å². The zero-order chi connectivity index (χ0) is 20.7. The first-order valence-corrected chi connectivity index (χ1v) is 6.79. The SMILES string of the molecule is COC(=O)c1c(F)cccc1[N+](=O)[O-].O=C(O)c1c(F)cccc1[N+](=O)[O-]. The van der Waals surface area contributed by atoms with Crippen molar-refractivity contribution in [3.63, 3.8) is 0 Å². The number of methoxy groups -OCH3 is 1. The van der Waals surface area contributed by atoms with Crippen molar-refractivity contribution in [3.8, 4) is 0 Å². The van der Waals surface area contributed by atoms with Crippen LogP contribution < -0.4 is 0 Å². The van der Waals surface area contributed by atoms with Gasteiger partial charge in [0.2, 0.25) is 0 Å². The molecule has 0 saturated heterocycles. The first-order valence-electron chi connectivity index (χ1n) is 6.79. The van der Waals surface area contributed by atoms with Crippen molar-refractivity contribution < 1.29 is 38.1 Å².